The van der Waals surface area contributed by atoms with E-state index in [-0.39, 0.29) is 27.7 Å². The smallest absolute Gasteiger partial charge is 0.0223 e. The van der Waals surface area contributed by atoms with Crippen LogP contribution < -0.4 is 0 Å². The van der Waals surface area contributed by atoms with Gasteiger partial charge in [0, 0.05) is 33.5 Å². The van der Waals surface area contributed by atoms with Gasteiger partial charge in [-0.1, -0.05) is 19.8 Å². The van der Waals surface area contributed by atoms with E-state index in [9.17, 15) is 0 Å². The second kappa shape index (κ2) is 10.3. The van der Waals surface area contributed by atoms with Crippen molar-refractivity contribution in [3.05, 3.63) is 0 Å². The van der Waals surface area contributed by atoms with Crippen molar-refractivity contribution in [3.63, 3.8) is 0 Å². The molecule has 7 heavy (non-hydrogen) atoms. The van der Waals surface area contributed by atoms with Crippen molar-refractivity contribution in [1.82, 2.24) is 0 Å². The van der Waals surface area contributed by atoms with Gasteiger partial charge in [-0.15, -0.1) is 11.6 Å². The molecule has 0 aliphatic heterocycles. The molecular formula is C5H11ClHg. The van der Waals surface area contributed by atoms with Gasteiger partial charge >= 0.3 is 0 Å². The van der Waals surface area contributed by atoms with E-state index in [2.05, 4.69) is 6.92 Å². The fraction of sp³-hybridized carbons (Fsp3) is 1.00. The predicted octanol–water partition coefficient (Wildman–Crippen LogP) is 2.41. The van der Waals surface area contributed by atoms with Crippen molar-refractivity contribution in [3.8, 4) is 0 Å². The minimum Gasteiger partial charge on any atom is -0.127 e. The summed E-state index contributed by atoms with van der Waals surface area (Å²) in [7, 11) is 0. The number of hydrogen-bond acceptors (Lipinski definition) is 0. The van der Waals surface area contributed by atoms with Gasteiger partial charge in [0.15, 0.2) is 0 Å². The summed E-state index contributed by atoms with van der Waals surface area (Å²) in [6, 6.07) is 0. The van der Waals surface area contributed by atoms with Crippen LogP contribution in [-0.2, 0) is 27.7 Å². The zero-order chi connectivity index (χ0) is 4.83. The predicted molar refractivity (Wildman–Crippen MR) is 30.2 cm³/mol. The Bertz CT molecular complexity index is 20.0. The van der Waals surface area contributed by atoms with Gasteiger partial charge in [0.1, 0.15) is 0 Å². The molecule has 0 spiro atoms. The number of halogens is 1. The zero-order valence-corrected chi connectivity index (χ0v) is 11.2. The van der Waals surface area contributed by atoms with Gasteiger partial charge in [-0.05, 0) is 6.42 Å². The molecule has 0 amide bonds. The average Bonchev–Trinajstić information content (AvgIpc) is 1.61. The van der Waals surface area contributed by atoms with Gasteiger partial charge in [0.25, 0.3) is 0 Å². The van der Waals surface area contributed by atoms with Crippen molar-refractivity contribution in [2.75, 3.05) is 5.88 Å². The van der Waals surface area contributed by atoms with E-state index in [1.807, 2.05) is 0 Å². The topological polar surface area (TPSA) is 0 Å². The Labute approximate surface area is 71.1 Å². The molecule has 0 bridgehead atoms. The van der Waals surface area contributed by atoms with Crippen LogP contribution in [0.4, 0.5) is 0 Å². The van der Waals surface area contributed by atoms with Gasteiger partial charge in [-0.2, -0.15) is 0 Å². The minimum atomic E-state index is 0. The summed E-state index contributed by atoms with van der Waals surface area (Å²) < 4.78 is 0. The fourth-order valence-corrected chi connectivity index (χ4v) is 0.533. The minimum absolute atomic E-state index is 0. The summed E-state index contributed by atoms with van der Waals surface area (Å²) in [6.07, 6.45) is 3.73. The Morgan fingerprint density at radius 1 is 1.29 bits per heavy atom. The van der Waals surface area contributed by atoms with E-state index in [1.54, 1.807) is 0 Å². The zero-order valence-electron chi connectivity index (χ0n) is 4.91. The molecule has 0 fully saturated rings. The number of rotatable bonds is 3. The van der Waals surface area contributed by atoms with Crippen molar-refractivity contribution in [1.29, 1.82) is 0 Å². The van der Waals surface area contributed by atoms with Crippen LogP contribution in [0.5, 0.6) is 0 Å². The standard InChI is InChI=1S/C5H11Cl.Hg/c1-2-3-4-5-6;/h2-5H2,1H3;. The summed E-state index contributed by atoms with van der Waals surface area (Å²) in [6.45, 7) is 2.17. The molecule has 0 aliphatic carbocycles. The van der Waals surface area contributed by atoms with Crippen molar-refractivity contribution >= 4 is 11.6 Å². The van der Waals surface area contributed by atoms with Gasteiger partial charge in [-0.3, -0.25) is 0 Å². The Kier molecular flexibility index (Phi) is 16.2. The number of unbranched alkanes of at least 4 members (excludes halogenated alkanes) is 2. The molecular weight excluding hydrogens is 296 g/mol. The second-order valence-electron chi connectivity index (χ2n) is 1.40. The summed E-state index contributed by atoms with van der Waals surface area (Å²) in [5, 5.41) is 0. The quantitative estimate of drug-likeness (QED) is 0.427. The van der Waals surface area contributed by atoms with Gasteiger partial charge < -0.3 is 0 Å². The molecule has 40 valence electrons. The van der Waals surface area contributed by atoms with E-state index in [1.165, 1.54) is 19.3 Å². The molecule has 0 unspecified atom stereocenters. The van der Waals surface area contributed by atoms with Crippen LogP contribution in [0.15, 0.2) is 0 Å². The van der Waals surface area contributed by atoms with Gasteiger partial charge in [0.05, 0.1) is 0 Å². The maximum absolute atomic E-state index is 5.38. The molecule has 2 heteroatoms. The van der Waals surface area contributed by atoms with Crippen LogP contribution >= 0.6 is 11.6 Å². The van der Waals surface area contributed by atoms with E-state index < -0.39 is 0 Å². The molecule has 0 radical (unpaired) electrons. The van der Waals surface area contributed by atoms with Crippen LogP contribution in [-0.4, -0.2) is 5.88 Å². The van der Waals surface area contributed by atoms with E-state index >= 15 is 0 Å². The first-order valence-corrected chi connectivity index (χ1v) is 3.01. The van der Waals surface area contributed by atoms with Gasteiger partial charge in [-0.25, -0.2) is 0 Å². The normalized spacial score (nSPS) is 7.71. The molecule has 0 aromatic carbocycles. The summed E-state index contributed by atoms with van der Waals surface area (Å²) in [5.41, 5.74) is 0. The Morgan fingerprint density at radius 3 is 2.00 bits per heavy atom. The van der Waals surface area contributed by atoms with E-state index in [4.69, 9.17) is 11.6 Å². The van der Waals surface area contributed by atoms with Crippen LogP contribution in [0.25, 0.3) is 0 Å². The third-order valence-corrected chi connectivity index (χ3v) is 1.00. The maximum atomic E-state index is 5.38. The first-order chi connectivity index (χ1) is 2.91. The molecule has 0 aromatic heterocycles. The van der Waals surface area contributed by atoms with Crippen molar-refractivity contribution in [2.45, 2.75) is 26.2 Å². The Morgan fingerprint density at radius 2 is 1.86 bits per heavy atom. The van der Waals surface area contributed by atoms with Crippen LogP contribution in [0, 0.1) is 0 Å². The largest absolute Gasteiger partial charge is 0.127 e. The van der Waals surface area contributed by atoms with Gasteiger partial charge in [0.2, 0.25) is 0 Å². The number of hydrogen-bond donors (Lipinski definition) is 0. The van der Waals surface area contributed by atoms with E-state index in [0.717, 1.165) is 5.88 Å². The monoisotopic (exact) mass is 308 g/mol. The maximum Gasteiger partial charge on any atom is 0.0223 e. The third-order valence-electron chi connectivity index (χ3n) is 0.737. The first-order valence-electron chi connectivity index (χ1n) is 2.47. The third kappa shape index (κ3) is 11.0. The SMILES string of the molecule is CCCCCCl.[Hg]. The first kappa shape index (κ1) is 11.1. The summed E-state index contributed by atoms with van der Waals surface area (Å²) >= 11 is 5.38. The molecule has 0 nitrogen and oxygen atoms in total. The van der Waals surface area contributed by atoms with Crippen LogP contribution in [0.3, 0.4) is 0 Å². The molecule has 0 N–H and O–H groups in total. The molecule has 0 rings (SSSR count). The van der Waals surface area contributed by atoms with E-state index in [0.29, 0.717) is 0 Å². The summed E-state index contributed by atoms with van der Waals surface area (Å²) in [4.78, 5) is 0. The summed E-state index contributed by atoms with van der Waals surface area (Å²) in [5.74, 6) is 0.827. The fourth-order valence-electron chi connectivity index (χ4n) is 0.344. The molecule has 0 atom stereocenters. The second-order valence-corrected chi connectivity index (χ2v) is 1.77. The molecule has 0 aromatic rings. The molecule has 0 saturated heterocycles. The van der Waals surface area contributed by atoms with Crippen molar-refractivity contribution in [2.24, 2.45) is 0 Å². The number of alkyl halides is 1. The average molecular weight is 307 g/mol. The van der Waals surface area contributed by atoms with Crippen LogP contribution in [0.2, 0.25) is 0 Å². The molecule has 0 aliphatic rings. The van der Waals surface area contributed by atoms with Crippen LogP contribution in [0.1, 0.15) is 26.2 Å². The molecule has 0 heterocycles. The Balaban J connectivity index is 0. The molecule has 0 saturated carbocycles. The Hall–Kier alpha value is 1.23. The van der Waals surface area contributed by atoms with Crippen molar-refractivity contribution < 1.29 is 27.7 Å².